The van der Waals surface area contributed by atoms with Crippen LogP contribution in [0.25, 0.3) is 0 Å². The predicted molar refractivity (Wildman–Crippen MR) is 107 cm³/mol. The van der Waals surface area contributed by atoms with Crippen LogP contribution in [-0.2, 0) is 30.8 Å². The van der Waals surface area contributed by atoms with Crippen LogP contribution in [0.4, 0.5) is 5.00 Å². The minimum absolute atomic E-state index is 0.160. The van der Waals surface area contributed by atoms with Gasteiger partial charge in [0.2, 0.25) is 0 Å². The molecule has 0 saturated heterocycles. The molecule has 140 valence electrons. The Hall–Kier alpha value is -2.16. The molecule has 1 aliphatic heterocycles. The van der Waals surface area contributed by atoms with Gasteiger partial charge in [0.05, 0.1) is 18.8 Å². The van der Waals surface area contributed by atoms with Crippen molar-refractivity contribution >= 4 is 22.2 Å². The molecule has 1 aromatic heterocycles. The molecule has 0 saturated carbocycles. The van der Waals surface area contributed by atoms with Crippen molar-refractivity contribution < 1.29 is 9.53 Å². The summed E-state index contributed by atoms with van der Waals surface area (Å²) in [6.45, 7) is 8.01. The summed E-state index contributed by atoms with van der Waals surface area (Å²) in [7, 11) is 0. The summed E-state index contributed by atoms with van der Waals surface area (Å²) in [5, 5.41) is 13.4. The molecule has 0 unspecified atom stereocenters. The fourth-order valence-corrected chi connectivity index (χ4v) is 5.29. The molecule has 2 aliphatic rings. The number of carbonyl (C=O) groups excluding carboxylic acids is 1. The lowest BCUT2D eigenvalue weighted by Gasteiger charge is -2.33. The first-order chi connectivity index (χ1) is 12.9. The molecule has 1 aliphatic carbocycles. The van der Waals surface area contributed by atoms with Gasteiger partial charge in [0.25, 0.3) is 5.91 Å². The molecule has 1 atom stereocenters. The fourth-order valence-electron chi connectivity index (χ4n) is 4.02. The lowest BCUT2D eigenvalue weighted by Crippen LogP contribution is -2.26. The normalized spacial score (nSPS) is 18.5. The summed E-state index contributed by atoms with van der Waals surface area (Å²) in [4.78, 5) is 14.0. The number of thiophene rings is 1. The van der Waals surface area contributed by atoms with Gasteiger partial charge < -0.3 is 10.1 Å². The van der Waals surface area contributed by atoms with Gasteiger partial charge >= 0.3 is 0 Å². The average Bonchev–Trinajstić information content (AvgIpc) is 3.23. The first kappa shape index (κ1) is 18.2. The highest BCUT2D eigenvalue weighted by atomic mass is 32.1. The van der Waals surface area contributed by atoms with Crippen molar-refractivity contribution in [3.63, 3.8) is 0 Å². The van der Waals surface area contributed by atoms with Gasteiger partial charge in [-0.25, -0.2) is 0 Å². The van der Waals surface area contributed by atoms with E-state index in [4.69, 9.17) is 4.74 Å². The topological polar surface area (TPSA) is 62.1 Å². The smallest absolute Gasteiger partial charge is 0.256 e. The third-order valence-electron chi connectivity index (χ3n) is 5.81. The molecule has 4 nitrogen and oxygen atoms in total. The van der Waals surface area contributed by atoms with Crippen LogP contribution < -0.4 is 5.32 Å². The number of carbonyl (C=O) groups is 1. The second-order valence-corrected chi connectivity index (χ2v) is 9.66. The summed E-state index contributed by atoms with van der Waals surface area (Å²) in [5.74, 6) is 0.447. The fraction of sp³-hybridized carbons (Fsp3) is 0.455. The van der Waals surface area contributed by atoms with Gasteiger partial charge in [-0.15, -0.1) is 11.3 Å². The van der Waals surface area contributed by atoms with Gasteiger partial charge in [-0.2, -0.15) is 5.26 Å². The maximum absolute atomic E-state index is 12.8. The van der Waals surface area contributed by atoms with Gasteiger partial charge in [-0.1, -0.05) is 26.8 Å². The second-order valence-electron chi connectivity index (χ2n) is 8.56. The molecule has 1 amide bonds. The van der Waals surface area contributed by atoms with E-state index in [0.717, 1.165) is 36.0 Å². The Morgan fingerprint density at radius 1 is 1.30 bits per heavy atom. The SMILES string of the molecule is CC(C)(C)[C@@H]1CCc2c(sc(NC(=O)c3ccc4c(c3)COC4)c2C#N)C1. The maximum atomic E-state index is 12.8. The molecule has 1 N–H and O–H groups in total. The lowest BCUT2D eigenvalue weighted by atomic mass is 9.72. The third-order valence-corrected chi connectivity index (χ3v) is 6.98. The summed E-state index contributed by atoms with van der Waals surface area (Å²) < 4.78 is 5.42. The summed E-state index contributed by atoms with van der Waals surface area (Å²) in [6.07, 6.45) is 3.01. The molecule has 0 radical (unpaired) electrons. The number of hydrogen-bond acceptors (Lipinski definition) is 4. The van der Waals surface area contributed by atoms with Crippen LogP contribution in [0, 0.1) is 22.7 Å². The maximum Gasteiger partial charge on any atom is 0.256 e. The number of anilines is 1. The molecule has 0 fully saturated rings. The molecule has 2 heterocycles. The standard InChI is InChI=1S/C22H24N2O2S/c1-22(2,3)16-6-7-17-18(10-23)21(27-19(17)9-16)24-20(25)13-4-5-14-11-26-12-15(14)8-13/h4-5,8,16H,6-7,9,11-12H2,1-3H3,(H,24,25)/t16-/m1/s1. The first-order valence-electron chi connectivity index (χ1n) is 9.42. The molecule has 2 aromatic rings. The van der Waals surface area contributed by atoms with E-state index in [2.05, 4.69) is 32.2 Å². The van der Waals surface area contributed by atoms with Gasteiger partial charge in [-0.05, 0) is 59.4 Å². The van der Waals surface area contributed by atoms with E-state index in [1.165, 1.54) is 4.88 Å². The van der Waals surface area contributed by atoms with Crippen molar-refractivity contribution in [1.29, 1.82) is 5.26 Å². The Balaban J connectivity index is 1.59. The number of fused-ring (bicyclic) bond motifs is 2. The van der Waals surface area contributed by atoms with Crippen molar-refractivity contribution in [2.75, 3.05) is 5.32 Å². The Labute approximate surface area is 164 Å². The van der Waals surface area contributed by atoms with Crippen molar-refractivity contribution in [3.05, 3.63) is 50.9 Å². The first-order valence-corrected chi connectivity index (χ1v) is 10.2. The van der Waals surface area contributed by atoms with E-state index in [9.17, 15) is 10.1 Å². The van der Waals surface area contributed by atoms with Gasteiger partial charge in [0, 0.05) is 10.4 Å². The molecule has 1 aromatic carbocycles. The predicted octanol–water partition coefficient (Wildman–Crippen LogP) is 5.05. The van der Waals surface area contributed by atoms with E-state index in [1.807, 2.05) is 18.2 Å². The van der Waals surface area contributed by atoms with Gasteiger partial charge in [-0.3, -0.25) is 4.79 Å². The Morgan fingerprint density at radius 2 is 2.07 bits per heavy atom. The zero-order valence-electron chi connectivity index (χ0n) is 16.0. The monoisotopic (exact) mass is 380 g/mol. The lowest BCUT2D eigenvalue weighted by molar-refractivity contribution is 0.102. The van der Waals surface area contributed by atoms with Crippen molar-refractivity contribution in [2.45, 2.75) is 53.2 Å². The number of nitriles is 1. The summed E-state index contributed by atoms with van der Waals surface area (Å²) in [6, 6.07) is 8.01. The van der Waals surface area contributed by atoms with Crippen LogP contribution in [-0.4, -0.2) is 5.91 Å². The highest BCUT2D eigenvalue weighted by molar-refractivity contribution is 7.16. The zero-order chi connectivity index (χ0) is 19.2. The van der Waals surface area contributed by atoms with Crippen LogP contribution in [0.5, 0.6) is 0 Å². The number of ether oxygens (including phenoxy) is 1. The van der Waals surface area contributed by atoms with Crippen LogP contribution in [0.2, 0.25) is 0 Å². The van der Waals surface area contributed by atoms with Crippen LogP contribution in [0.3, 0.4) is 0 Å². The van der Waals surface area contributed by atoms with E-state index in [-0.39, 0.29) is 11.3 Å². The molecule has 27 heavy (non-hydrogen) atoms. The summed E-state index contributed by atoms with van der Waals surface area (Å²) in [5.41, 5.74) is 4.87. The molecule has 0 spiro atoms. The molecule has 5 heteroatoms. The number of nitrogens with zero attached hydrogens (tertiary/aromatic N) is 1. The van der Waals surface area contributed by atoms with Crippen molar-refractivity contribution in [3.8, 4) is 6.07 Å². The molecule has 4 rings (SSSR count). The van der Waals surface area contributed by atoms with Gasteiger partial charge in [0.15, 0.2) is 0 Å². The van der Waals surface area contributed by atoms with Crippen LogP contribution in [0.1, 0.15) is 64.7 Å². The van der Waals surface area contributed by atoms with Crippen LogP contribution in [0.15, 0.2) is 18.2 Å². The molecule has 0 bridgehead atoms. The molecular formula is C22H24N2O2S. The van der Waals surface area contributed by atoms with E-state index >= 15 is 0 Å². The van der Waals surface area contributed by atoms with E-state index in [1.54, 1.807) is 11.3 Å². The number of nitrogens with one attached hydrogen (secondary N) is 1. The van der Waals surface area contributed by atoms with Gasteiger partial charge in [0.1, 0.15) is 11.1 Å². The molecular weight excluding hydrogens is 356 g/mol. The second kappa shape index (κ2) is 6.78. The highest BCUT2D eigenvalue weighted by Gasteiger charge is 2.32. The zero-order valence-corrected chi connectivity index (χ0v) is 16.8. The Morgan fingerprint density at radius 3 is 2.81 bits per heavy atom. The minimum atomic E-state index is -0.160. The number of rotatable bonds is 2. The number of amides is 1. The number of benzene rings is 1. The van der Waals surface area contributed by atoms with Crippen molar-refractivity contribution in [1.82, 2.24) is 0 Å². The minimum Gasteiger partial charge on any atom is -0.372 e. The van der Waals surface area contributed by atoms with E-state index < -0.39 is 0 Å². The average molecular weight is 381 g/mol. The van der Waals surface area contributed by atoms with E-state index in [0.29, 0.717) is 35.3 Å². The summed E-state index contributed by atoms with van der Waals surface area (Å²) >= 11 is 1.58. The Kier molecular flexibility index (Phi) is 4.57. The number of hydrogen-bond donors (Lipinski definition) is 1. The largest absolute Gasteiger partial charge is 0.372 e. The Bertz CT molecular complexity index is 946. The highest BCUT2D eigenvalue weighted by Crippen LogP contribution is 2.44. The van der Waals surface area contributed by atoms with Crippen LogP contribution >= 0.6 is 11.3 Å². The third kappa shape index (κ3) is 3.40. The van der Waals surface area contributed by atoms with Crippen molar-refractivity contribution in [2.24, 2.45) is 11.3 Å². The quantitative estimate of drug-likeness (QED) is 0.793.